The average molecular weight is 345 g/mol. The molecular weight excluding hydrogens is 330 g/mol. The number of carbonyl (C=O) groups excluding carboxylic acids is 2. The minimum atomic E-state index is -3.63. The maximum absolute atomic E-state index is 12.5. The molecule has 0 bridgehead atoms. The Bertz CT molecular complexity index is 688. The summed E-state index contributed by atoms with van der Waals surface area (Å²) in [5, 5.41) is 10.6. The van der Waals surface area contributed by atoms with Crippen LogP contribution in [-0.4, -0.2) is 78.4 Å². The van der Waals surface area contributed by atoms with Gasteiger partial charge in [-0.1, -0.05) is 6.07 Å². The first kappa shape index (κ1) is 15.4. The van der Waals surface area contributed by atoms with Crippen LogP contribution in [0.25, 0.3) is 0 Å². The Morgan fingerprint density at radius 3 is 2.73 bits per heavy atom. The number of imide groups is 1. The Balaban J connectivity index is 1.82. The highest BCUT2D eigenvalue weighted by Crippen LogP contribution is 2.27. The molecule has 0 aliphatic carbocycles. The van der Waals surface area contributed by atoms with Crippen molar-refractivity contribution in [3.8, 4) is 0 Å². The Morgan fingerprint density at radius 2 is 2.09 bits per heavy atom. The Morgan fingerprint density at radius 1 is 1.32 bits per heavy atom. The fourth-order valence-corrected chi connectivity index (χ4v) is 5.27. The van der Waals surface area contributed by atoms with Gasteiger partial charge in [-0.2, -0.15) is 4.31 Å². The summed E-state index contributed by atoms with van der Waals surface area (Å²) in [6.45, 7) is -0.102. The lowest BCUT2D eigenvalue weighted by Crippen LogP contribution is -2.54. The summed E-state index contributed by atoms with van der Waals surface area (Å²) in [6, 6.07) is 1.91. The number of amides is 3. The van der Waals surface area contributed by atoms with Gasteiger partial charge in [-0.25, -0.2) is 13.2 Å². The summed E-state index contributed by atoms with van der Waals surface area (Å²) in [5.41, 5.74) is 0. The van der Waals surface area contributed by atoms with Gasteiger partial charge in [0.1, 0.15) is 10.3 Å². The molecule has 1 aromatic heterocycles. The first-order valence-electron chi connectivity index (χ1n) is 6.73. The second-order valence-electron chi connectivity index (χ2n) is 5.00. The molecule has 2 fully saturated rings. The largest absolute Gasteiger partial charge is 0.395 e. The van der Waals surface area contributed by atoms with Crippen molar-refractivity contribution in [3.05, 3.63) is 17.5 Å². The summed E-state index contributed by atoms with van der Waals surface area (Å²) < 4.78 is 26.5. The van der Waals surface area contributed by atoms with Gasteiger partial charge in [-0.15, -0.1) is 11.3 Å². The van der Waals surface area contributed by atoms with Crippen molar-refractivity contribution in [2.45, 2.75) is 10.3 Å². The van der Waals surface area contributed by atoms with Gasteiger partial charge in [0.15, 0.2) is 0 Å². The molecule has 0 radical (unpaired) electrons. The zero-order valence-corrected chi connectivity index (χ0v) is 13.2. The molecule has 3 heterocycles. The molecule has 0 saturated carbocycles. The fraction of sp³-hybridized carbons (Fsp3) is 0.500. The molecule has 10 heteroatoms. The number of urea groups is 1. The van der Waals surface area contributed by atoms with E-state index in [2.05, 4.69) is 0 Å². The van der Waals surface area contributed by atoms with Crippen LogP contribution in [0.5, 0.6) is 0 Å². The van der Waals surface area contributed by atoms with Crippen LogP contribution < -0.4 is 0 Å². The van der Waals surface area contributed by atoms with Gasteiger partial charge in [-0.05, 0) is 11.4 Å². The lowest BCUT2D eigenvalue weighted by atomic mass is 10.2. The highest BCUT2D eigenvalue weighted by atomic mass is 32.2. The van der Waals surface area contributed by atoms with E-state index in [0.717, 1.165) is 16.2 Å². The number of thiophene rings is 1. The van der Waals surface area contributed by atoms with Crippen molar-refractivity contribution < 1.29 is 23.1 Å². The van der Waals surface area contributed by atoms with Crippen LogP contribution in [0.1, 0.15) is 0 Å². The molecule has 1 aromatic rings. The molecule has 1 unspecified atom stereocenters. The number of sulfonamides is 1. The number of rotatable bonds is 4. The highest BCUT2D eigenvalue weighted by Gasteiger charge is 2.49. The molecule has 0 aromatic carbocycles. The lowest BCUT2D eigenvalue weighted by molar-refractivity contribution is -0.129. The van der Waals surface area contributed by atoms with E-state index in [9.17, 15) is 18.0 Å². The van der Waals surface area contributed by atoms with E-state index in [4.69, 9.17) is 5.11 Å². The van der Waals surface area contributed by atoms with Crippen molar-refractivity contribution in [1.82, 2.24) is 14.1 Å². The monoisotopic (exact) mass is 345 g/mol. The lowest BCUT2D eigenvalue weighted by Gasteiger charge is -2.34. The van der Waals surface area contributed by atoms with Gasteiger partial charge < -0.3 is 10.0 Å². The minimum absolute atomic E-state index is 0.0489. The van der Waals surface area contributed by atoms with Crippen LogP contribution in [0.4, 0.5) is 4.79 Å². The summed E-state index contributed by atoms with van der Waals surface area (Å²) in [6.07, 6.45) is 0. The van der Waals surface area contributed by atoms with Gasteiger partial charge in [0.05, 0.1) is 13.2 Å². The first-order chi connectivity index (χ1) is 10.5. The predicted molar refractivity (Wildman–Crippen MR) is 77.8 cm³/mol. The molecule has 3 amide bonds. The van der Waals surface area contributed by atoms with Crippen molar-refractivity contribution in [3.63, 3.8) is 0 Å². The maximum Gasteiger partial charge on any atom is 0.327 e. The van der Waals surface area contributed by atoms with Crippen LogP contribution >= 0.6 is 11.3 Å². The number of aliphatic hydroxyl groups excluding tert-OH is 1. The Kier molecular flexibility index (Phi) is 3.93. The third-order valence-corrected chi connectivity index (χ3v) is 7.02. The third-order valence-electron chi connectivity index (χ3n) is 3.78. The van der Waals surface area contributed by atoms with Gasteiger partial charge in [0.25, 0.3) is 15.9 Å². The molecule has 0 spiro atoms. The molecule has 2 saturated heterocycles. The molecule has 1 atom stereocenters. The second-order valence-corrected chi connectivity index (χ2v) is 8.11. The van der Waals surface area contributed by atoms with Crippen LogP contribution in [0, 0.1) is 0 Å². The van der Waals surface area contributed by atoms with Crippen LogP contribution in [0.2, 0.25) is 0 Å². The van der Waals surface area contributed by atoms with Gasteiger partial charge >= 0.3 is 6.03 Å². The van der Waals surface area contributed by atoms with E-state index in [0.29, 0.717) is 0 Å². The second kappa shape index (κ2) is 5.61. The molecular formula is C12H15N3O5S2. The van der Waals surface area contributed by atoms with Crippen LogP contribution in [0.3, 0.4) is 0 Å². The minimum Gasteiger partial charge on any atom is -0.395 e. The number of piperazine rings is 1. The number of nitrogens with zero attached hydrogens (tertiary/aromatic N) is 3. The van der Waals surface area contributed by atoms with Crippen LogP contribution in [-0.2, 0) is 14.8 Å². The summed E-state index contributed by atoms with van der Waals surface area (Å²) in [4.78, 5) is 26.7. The van der Waals surface area contributed by atoms with Gasteiger partial charge in [0, 0.05) is 19.6 Å². The summed E-state index contributed by atoms with van der Waals surface area (Å²) in [5.74, 6) is -0.454. The average Bonchev–Trinajstić information content (AvgIpc) is 3.12. The molecule has 120 valence electrons. The zero-order valence-electron chi connectivity index (χ0n) is 11.6. The number of aliphatic hydroxyl groups is 1. The van der Waals surface area contributed by atoms with E-state index in [1.807, 2.05) is 0 Å². The molecule has 1 N–H and O–H groups in total. The van der Waals surface area contributed by atoms with Crippen molar-refractivity contribution in [2.24, 2.45) is 0 Å². The highest BCUT2D eigenvalue weighted by molar-refractivity contribution is 7.91. The van der Waals surface area contributed by atoms with Gasteiger partial charge in [-0.3, -0.25) is 9.69 Å². The molecule has 2 aliphatic heterocycles. The molecule has 22 heavy (non-hydrogen) atoms. The van der Waals surface area contributed by atoms with E-state index in [1.165, 1.54) is 15.3 Å². The maximum atomic E-state index is 12.5. The fourth-order valence-electron chi connectivity index (χ4n) is 2.69. The standard InChI is InChI=1S/C12H15N3O5S2/c16-6-5-15-11(17)9-8-13(3-4-14(9)12(15)18)22(19,20)10-2-1-7-21-10/h1-2,7,9,16H,3-6,8H2. The van der Waals surface area contributed by atoms with E-state index in [-0.39, 0.29) is 37.0 Å². The summed E-state index contributed by atoms with van der Waals surface area (Å²) >= 11 is 1.12. The first-order valence-corrected chi connectivity index (χ1v) is 9.05. The predicted octanol–water partition coefficient (Wildman–Crippen LogP) is -0.623. The van der Waals surface area contributed by atoms with Crippen molar-refractivity contribution >= 4 is 33.3 Å². The smallest absolute Gasteiger partial charge is 0.327 e. The van der Waals surface area contributed by atoms with Crippen molar-refractivity contribution in [2.75, 3.05) is 32.8 Å². The number of hydrogen-bond donors (Lipinski definition) is 1. The van der Waals surface area contributed by atoms with Crippen molar-refractivity contribution in [1.29, 1.82) is 0 Å². The number of hydrogen-bond acceptors (Lipinski definition) is 6. The summed E-state index contributed by atoms with van der Waals surface area (Å²) in [7, 11) is -3.63. The number of carbonyl (C=O) groups is 2. The Hall–Kier alpha value is -1.49. The van der Waals surface area contributed by atoms with Gasteiger partial charge in [0.2, 0.25) is 0 Å². The topological polar surface area (TPSA) is 98.2 Å². The Labute approximate surface area is 131 Å². The molecule has 2 aliphatic rings. The number of fused-ring (bicyclic) bond motifs is 1. The SMILES string of the molecule is O=C1C2CN(S(=O)(=O)c3cccs3)CCN2C(=O)N1CCO. The molecule has 8 nitrogen and oxygen atoms in total. The number of β-amino-alcohol motifs (C(OH)–C–C–N with tert-alkyl or cyclic N) is 1. The van der Waals surface area contributed by atoms with E-state index >= 15 is 0 Å². The van der Waals surface area contributed by atoms with E-state index < -0.39 is 28.0 Å². The zero-order chi connectivity index (χ0) is 15.9. The third kappa shape index (κ3) is 2.32. The quantitative estimate of drug-likeness (QED) is 0.733. The normalized spacial score (nSPS) is 23.2. The van der Waals surface area contributed by atoms with E-state index in [1.54, 1.807) is 11.4 Å². The molecule has 3 rings (SSSR count). The van der Waals surface area contributed by atoms with Crippen LogP contribution in [0.15, 0.2) is 21.7 Å².